The summed E-state index contributed by atoms with van der Waals surface area (Å²) in [5.41, 5.74) is 1.40. The van der Waals surface area contributed by atoms with Gasteiger partial charge in [0.1, 0.15) is 11.3 Å². The topological polar surface area (TPSA) is 50.9 Å². The SMILES string of the molecule is CC(C)n1ncc(Br)c1C(O)c1ccc(Cl)nc1. The third kappa shape index (κ3) is 2.58. The van der Waals surface area contributed by atoms with Crippen molar-refractivity contribution in [3.8, 4) is 0 Å². The summed E-state index contributed by atoms with van der Waals surface area (Å²) in [6, 6.07) is 3.58. The largest absolute Gasteiger partial charge is 0.382 e. The lowest BCUT2D eigenvalue weighted by Crippen LogP contribution is -2.12. The fourth-order valence-electron chi connectivity index (χ4n) is 1.72. The van der Waals surface area contributed by atoms with Gasteiger partial charge in [0.2, 0.25) is 0 Å². The first-order valence-electron chi connectivity index (χ1n) is 5.53. The van der Waals surface area contributed by atoms with E-state index in [4.69, 9.17) is 11.6 Å². The van der Waals surface area contributed by atoms with Crippen molar-refractivity contribution in [3.05, 3.63) is 45.4 Å². The number of rotatable bonds is 3. The summed E-state index contributed by atoms with van der Waals surface area (Å²) in [5.74, 6) is 0. The fourth-order valence-corrected chi connectivity index (χ4v) is 2.33. The van der Waals surface area contributed by atoms with Gasteiger partial charge in [0.25, 0.3) is 0 Å². The predicted molar refractivity (Wildman–Crippen MR) is 73.6 cm³/mol. The zero-order chi connectivity index (χ0) is 13.3. The highest BCUT2D eigenvalue weighted by Crippen LogP contribution is 2.30. The van der Waals surface area contributed by atoms with E-state index in [0.717, 1.165) is 4.47 Å². The minimum Gasteiger partial charge on any atom is -0.382 e. The predicted octanol–water partition coefficient (Wildman–Crippen LogP) is 3.36. The summed E-state index contributed by atoms with van der Waals surface area (Å²) in [5, 5.41) is 15.1. The summed E-state index contributed by atoms with van der Waals surface area (Å²) in [7, 11) is 0. The number of halogens is 2. The van der Waals surface area contributed by atoms with Gasteiger partial charge in [-0.1, -0.05) is 17.7 Å². The highest BCUT2D eigenvalue weighted by Gasteiger charge is 2.21. The van der Waals surface area contributed by atoms with Crippen LogP contribution < -0.4 is 0 Å². The van der Waals surface area contributed by atoms with Gasteiger partial charge in [0.05, 0.1) is 16.4 Å². The van der Waals surface area contributed by atoms with Crippen molar-refractivity contribution in [2.24, 2.45) is 0 Å². The third-order valence-corrected chi connectivity index (χ3v) is 3.44. The molecule has 2 aromatic heterocycles. The van der Waals surface area contributed by atoms with Crippen LogP contribution >= 0.6 is 27.5 Å². The molecule has 0 aliphatic rings. The number of aliphatic hydroxyl groups is 1. The first-order chi connectivity index (χ1) is 8.50. The minimum absolute atomic E-state index is 0.168. The molecule has 0 saturated carbocycles. The van der Waals surface area contributed by atoms with E-state index >= 15 is 0 Å². The lowest BCUT2D eigenvalue weighted by molar-refractivity contribution is 0.204. The molecule has 0 saturated heterocycles. The van der Waals surface area contributed by atoms with Crippen LogP contribution in [0.2, 0.25) is 5.15 Å². The van der Waals surface area contributed by atoms with Crippen LogP contribution in [0.15, 0.2) is 29.0 Å². The molecule has 0 aromatic carbocycles. The molecule has 1 unspecified atom stereocenters. The van der Waals surface area contributed by atoms with Crippen LogP contribution in [-0.2, 0) is 0 Å². The van der Waals surface area contributed by atoms with Crippen molar-refractivity contribution in [1.82, 2.24) is 14.8 Å². The Hall–Kier alpha value is -0.910. The molecule has 1 N–H and O–H groups in total. The van der Waals surface area contributed by atoms with Gasteiger partial charge in [-0.15, -0.1) is 0 Å². The molecule has 0 radical (unpaired) electrons. The first kappa shape index (κ1) is 13.5. The molecule has 0 fully saturated rings. The number of aliphatic hydroxyl groups excluding tert-OH is 1. The second kappa shape index (κ2) is 5.38. The van der Waals surface area contributed by atoms with E-state index in [-0.39, 0.29) is 6.04 Å². The minimum atomic E-state index is -0.783. The van der Waals surface area contributed by atoms with Crippen molar-refractivity contribution >= 4 is 27.5 Å². The summed E-state index contributed by atoms with van der Waals surface area (Å²) < 4.78 is 2.56. The Morgan fingerprint density at radius 2 is 2.06 bits per heavy atom. The van der Waals surface area contributed by atoms with Crippen LogP contribution in [0.5, 0.6) is 0 Å². The summed E-state index contributed by atoms with van der Waals surface area (Å²) >= 11 is 9.14. The Balaban J connectivity index is 2.42. The van der Waals surface area contributed by atoms with E-state index in [1.807, 2.05) is 13.8 Å². The third-order valence-electron chi connectivity index (χ3n) is 2.60. The average molecular weight is 331 g/mol. The Morgan fingerprint density at radius 1 is 1.33 bits per heavy atom. The molecule has 0 aliphatic carbocycles. The van der Waals surface area contributed by atoms with Crippen molar-refractivity contribution in [1.29, 1.82) is 0 Å². The molecule has 0 aliphatic heterocycles. The highest BCUT2D eigenvalue weighted by molar-refractivity contribution is 9.10. The summed E-state index contributed by atoms with van der Waals surface area (Å²) in [6.07, 6.45) is 2.47. The molecule has 18 heavy (non-hydrogen) atoms. The molecule has 2 aromatic rings. The standard InChI is InChI=1S/C12H13BrClN3O/c1-7(2)17-11(9(13)6-16-17)12(18)8-3-4-10(14)15-5-8/h3-7,12,18H,1-2H3. The van der Waals surface area contributed by atoms with E-state index < -0.39 is 6.10 Å². The summed E-state index contributed by atoms with van der Waals surface area (Å²) in [6.45, 7) is 4.02. The molecule has 96 valence electrons. The number of nitrogens with zero attached hydrogens (tertiary/aromatic N) is 3. The highest BCUT2D eigenvalue weighted by atomic mass is 79.9. The molecular formula is C12H13BrClN3O. The molecule has 0 amide bonds. The monoisotopic (exact) mass is 329 g/mol. The molecule has 1 atom stereocenters. The van der Waals surface area contributed by atoms with Crippen molar-refractivity contribution in [2.75, 3.05) is 0 Å². The van der Waals surface area contributed by atoms with E-state index in [0.29, 0.717) is 16.4 Å². The fraction of sp³-hybridized carbons (Fsp3) is 0.333. The second-order valence-electron chi connectivity index (χ2n) is 4.23. The Labute approximate surface area is 119 Å². The molecule has 4 nitrogen and oxygen atoms in total. The van der Waals surface area contributed by atoms with Crippen molar-refractivity contribution < 1.29 is 5.11 Å². The number of hydrogen-bond donors (Lipinski definition) is 1. The molecular weight excluding hydrogens is 318 g/mol. The maximum absolute atomic E-state index is 10.4. The van der Waals surface area contributed by atoms with Crippen LogP contribution in [0.1, 0.15) is 37.3 Å². The maximum atomic E-state index is 10.4. The Kier molecular flexibility index (Phi) is 4.04. The summed E-state index contributed by atoms with van der Waals surface area (Å²) in [4.78, 5) is 3.97. The molecule has 0 spiro atoms. The van der Waals surface area contributed by atoms with Gasteiger partial charge in [-0.25, -0.2) is 4.98 Å². The van der Waals surface area contributed by atoms with Gasteiger partial charge < -0.3 is 5.11 Å². The van der Waals surface area contributed by atoms with E-state index in [1.165, 1.54) is 0 Å². The molecule has 0 bridgehead atoms. The van der Waals surface area contributed by atoms with Crippen molar-refractivity contribution in [2.45, 2.75) is 26.0 Å². The first-order valence-corrected chi connectivity index (χ1v) is 6.70. The molecule has 2 heterocycles. The normalized spacial score (nSPS) is 13.0. The van der Waals surface area contributed by atoms with Gasteiger partial charge in [0.15, 0.2) is 0 Å². The molecule has 2 rings (SSSR count). The van der Waals surface area contributed by atoms with Crippen LogP contribution in [-0.4, -0.2) is 19.9 Å². The lowest BCUT2D eigenvalue weighted by atomic mass is 10.1. The van der Waals surface area contributed by atoms with Crippen molar-refractivity contribution in [3.63, 3.8) is 0 Å². The van der Waals surface area contributed by atoms with E-state index in [2.05, 4.69) is 26.0 Å². The van der Waals surface area contributed by atoms with E-state index in [9.17, 15) is 5.11 Å². The van der Waals surface area contributed by atoms with Crippen LogP contribution in [0.3, 0.4) is 0 Å². The molecule has 6 heteroatoms. The van der Waals surface area contributed by atoms with Gasteiger partial charge in [-0.05, 0) is 35.8 Å². The maximum Gasteiger partial charge on any atom is 0.129 e. The average Bonchev–Trinajstić information content (AvgIpc) is 2.71. The number of aromatic nitrogens is 3. The van der Waals surface area contributed by atoms with Gasteiger partial charge >= 0.3 is 0 Å². The zero-order valence-corrected chi connectivity index (χ0v) is 12.4. The van der Waals surface area contributed by atoms with Crippen LogP contribution in [0.4, 0.5) is 0 Å². The second-order valence-corrected chi connectivity index (χ2v) is 5.47. The Bertz CT molecular complexity index is 539. The van der Waals surface area contributed by atoms with Crippen LogP contribution in [0, 0.1) is 0 Å². The quantitative estimate of drug-likeness (QED) is 0.878. The van der Waals surface area contributed by atoms with E-state index in [1.54, 1.807) is 29.2 Å². The Morgan fingerprint density at radius 3 is 2.61 bits per heavy atom. The zero-order valence-electron chi connectivity index (χ0n) is 10.0. The van der Waals surface area contributed by atoms with Gasteiger partial charge in [-0.3, -0.25) is 4.68 Å². The van der Waals surface area contributed by atoms with Crippen LogP contribution in [0.25, 0.3) is 0 Å². The van der Waals surface area contributed by atoms with Gasteiger partial charge in [0, 0.05) is 17.8 Å². The van der Waals surface area contributed by atoms with Gasteiger partial charge in [-0.2, -0.15) is 5.10 Å². The lowest BCUT2D eigenvalue weighted by Gasteiger charge is -2.16. The number of pyridine rings is 1. The smallest absolute Gasteiger partial charge is 0.129 e. The number of hydrogen-bond acceptors (Lipinski definition) is 3.